The monoisotopic (exact) mass is 384 g/mol. The molecule has 1 atom stereocenters. The van der Waals surface area contributed by atoms with Gasteiger partial charge in [-0.15, -0.1) is 0 Å². The SMILES string of the molecule is CN(C)C(=O)CN=C(NCC1CCCCO1)N(C)Cc1ncc(Cl)n1C. The van der Waals surface area contributed by atoms with Crippen molar-refractivity contribution in [2.75, 3.05) is 40.8 Å². The molecule has 1 aliphatic rings. The van der Waals surface area contributed by atoms with E-state index >= 15 is 0 Å². The molecule has 146 valence electrons. The lowest BCUT2D eigenvalue weighted by Gasteiger charge is -2.27. The van der Waals surface area contributed by atoms with Gasteiger partial charge in [0.15, 0.2) is 5.96 Å². The Bertz CT molecular complexity index is 625. The number of halogens is 1. The molecular formula is C17H29ClN6O2. The lowest BCUT2D eigenvalue weighted by Crippen LogP contribution is -2.44. The fourth-order valence-corrected chi connectivity index (χ4v) is 2.77. The first-order valence-electron chi connectivity index (χ1n) is 8.85. The van der Waals surface area contributed by atoms with E-state index in [0.29, 0.717) is 24.2 Å². The van der Waals surface area contributed by atoms with Crippen molar-refractivity contribution in [1.29, 1.82) is 0 Å². The molecule has 0 aromatic carbocycles. The zero-order valence-corrected chi connectivity index (χ0v) is 16.8. The molecule has 9 heteroatoms. The van der Waals surface area contributed by atoms with Crippen molar-refractivity contribution >= 4 is 23.5 Å². The Morgan fingerprint density at radius 3 is 2.81 bits per heavy atom. The molecule has 1 aromatic heterocycles. The average Bonchev–Trinajstić information content (AvgIpc) is 2.94. The number of rotatable bonds is 6. The first-order chi connectivity index (χ1) is 12.4. The molecule has 8 nitrogen and oxygen atoms in total. The van der Waals surface area contributed by atoms with Crippen LogP contribution in [0.4, 0.5) is 0 Å². The molecule has 0 saturated carbocycles. The number of hydrogen-bond acceptors (Lipinski definition) is 4. The van der Waals surface area contributed by atoms with Gasteiger partial charge in [0.05, 0.1) is 18.8 Å². The van der Waals surface area contributed by atoms with E-state index in [-0.39, 0.29) is 18.6 Å². The molecule has 1 aromatic rings. The van der Waals surface area contributed by atoms with E-state index in [1.807, 2.05) is 23.6 Å². The Kier molecular flexibility index (Phi) is 7.71. The maximum Gasteiger partial charge on any atom is 0.243 e. The van der Waals surface area contributed by atoms with Crippen molar-refractivity contribution in [3.8, 4) is 0 Å². The Morgan fingerprint density at radius 1 is 1.46 bits per heavy atom. The minimum Gasteiger partial charge on any atom is -0.376 e. The van der Waals surface area contributed by atoms with Crippen LogP contribution in [0.15, 0.2) is 11.2 Å². The Hall–Kier alpha value is -1.80. The number of ether oxygens (including phenoxy) is 1. The van der Waals surface area contributed by atoms with Gasteiger partial charge in [-0.3, -0.25) is 4.79 Å². The molecule has 26 heavy (non-hydrogen) atoms. The van der Waals surface area contributed by atoms with Gasteiger partial charge >= 0.3 is 0 Å². The van der Waals surface area contributed by atoms with Crippen molar-refractivity contribution in [1.82, 2.24) is 24.7 Å². The molecule has 2 rings (SSSR count). The smallest absolute Gasteiger partial charge is 0.243 e. The summed E-state index contributed by atoms with van der Waals surface area (Å²) >= 11 is 6.06. The highest BCUT2D eigenvalue weighted by Gasteiger charge is 2.17. The van der Waals surface area contributed by atoms with Gasteiger partial charge in [-0.2, -0.15) is 0 Å². The Balaban J connectivity index is 2.03. The highest BCUT2D eigenvalue weighted by atomic mass is 35.5. The van der Waals surface area contributed by atoms with Crippen LogP contribution in [0.2, 0.25) is 5.15 Å². The van der Waals surface area contributed by atoms with E-state index in [2.05, 4.69) is 15.3 Å². The van der Waals surface area contributed by atoms with Gasteiger partial charge in [-0.05, 0) is 19.3 Å². The van der Waals surface area contributed by atoms with Gasteiger partial charge < -0.3 is 24.4 Å². The normalized spacial score (nSPS) is 17.9. The number of guanidine groups is 1. The van der Waals surface area contributed by atoms with Gasteiger partial charge in [-0.25, -0.2) is 9.98 Å². The predicted molar refractivity (Wildman–Crippen MR) is 102 cm³/mol. The van der Waals surface area contributed by atoms with Gasteiger partial charge in [-0.1, -0.05) is 11.6 Å². The standard InChI is InChI=1S/C17H29ClN6O2/c1-22(2)16(25)11-21-17(20-9-13-7-5-6-8-26-13)23(3)12-15-19-10-14(18)24(15)4/h10,13H,5-9,11-12H2,1-4H3,(H,20,21). The maximum absolute atomic E-state index is 11.9. The zero-order valence-electron chi connectivity index (χ0n) is 16.0. The maximum atomic E-state index is 11.9. The molecule has 0 radical (unpaired) electrons. The van der Waals surface area contributed by atoms with Crippen LogP contribution in [0, 0.1) is 0 Å². The second-order valence-electron chi connectivity index (χ2n) is 6.71. The summed E-state index contributed by atoms with van der Waals surface area (Å²) in [6, 6.07) is 0. The number of amides is 1. The van der Waals surface area contributed by atoms with Crippen molar-refractivity contribution in [2.45, 2.75) is 31.9 Å². The molecule has 0 bridgehead atoms. The van der Waals surface area contributed by atoms with Crippen LogP contribution in [-0.2, 0) is 23.1 Å². The van der Waals surface area contributed by atoms with Crippen LogP contribution in [-0.4, -0.2) is 78.2 Å². The summed E-state index contributed by atoms with van der Waals surface area (Å²) in [5.74, 6) is 1.42. The lowest BCUT2D eigenvalue weighted by molar-refractivity contribution is -0.127. The summed E-state index contributed by atoms with van der Waals surface area (Å²) < 4.78 is 7.59. The van der Waals surface area contributed by atoms with E-state index in [9.17, 15) is 4.79 Å². The fraction of sp³-hybridized carbons (Fsp3) is 0.706. The average molecular weight is 385 g/mol. The fourth-order valence-electron chi connectivity index (χ4n) is 2.63. The highest BCUT2D eigenvalue weighted by Crippen LogP contribution is 2.13. The van der Waals surface area contributed by atoms with Crippen LogP contribution in [0.25, 0.3) is 0 Å². The highest BCUT2D eigenvalue weighted by molar-refractivity contribution is 6.29. The number of aromatic nitrogens is 2. The first kappa shape index (κ1) is 20.5. The van der Waals surface area contributed by atoms with Crippen LogP contribution >= 0.6 is 11.6 Å². The number of hydrogen-bond donors (Lipinski definition) is 1. The minimum atomic E-state index is -0.0494. The Morgan fingerprint density at radius 2 is 2.23 bits per heavy atom. The number of carbonyl (C=O) groups excluding carboxylic acids is 1. The van der Waals surface area contributed by atoms with Crippen LogP contribution in [0.1, 0.15) is 25.1 Å². The second-order valence-corrected chi connectivity index (χ2v) is 7.10. The van der Waals surface area contributed by atoms with Crippen molar-refractivity contribution in [3.63, 3.8) is 0 Å². The van der Waals surface area contributed by atoms with Crippen molar-refractivity contribution < 1.29 is 9.53 Å². The van der Waals surface area contributed by atoms with Gasteiger partial charge in [0.25, 0.3) is 0 Å². The summed E-state index contributed by atoms with van der Waals surface area (Å²) in [6.45, 7) is 2.09. The number of nitrogens with one attached hydrogen (secondary N) is 1. The van der Waals surface area contributed by atoms with Crippen molar-refractivity contribution in [3.05, 3.63) is 17.2 Å². The third-order valence-electron chi connectivity index (χ3n) is 4.39. The van der Waals surface area contributed by atoms with E-state index < -0.39 is 0 Å². The van der Waals surface area contributed by atoms with Crippen LogP contribution in [0.5, 0.6) is 0 Å². The van der Waals surface area contributed by atoms with Crippen LogP contribution in [0.3, 0.4) is 0 Å². The lowest BCUT2D eigenvalue weighted by atomic mass is 10.1. The zero-order chi connectivity index (χ0) is 19.1. The molecule has 1 N–H and O–H groups in total. The van der Waals surface area contributed by atoms with E-state index in [1.165, 1.54) is 11.3 Å². The number of carbonyl (C=O) groups is 1. The first-order valence-corrected chi connectivity index (χ1v) is 9.23. The third kappa shape index (κ3) is 5.88. The molecule has 0 spiro atoms. The largest absolute Gasteiger partial charge is 0.376 e. The van der Waals surface area contributed by atoms with Gasteiger partial charge in [0.2, 0.25) is 5.91 Å². The quantitative estimate of drug-likeness (QED) is 0.587. The van der Waals surface area contributed by atoms with E-state index in [1.54, 1.807) is 20.3 Å². The summed E-state index contributed by atoms with van der Waals surface area (Å²) in [6.07, 6.45) is 5.14. The molecule has 1 unspecified atom stereocenters. The molecule has 1 fully saturated rings. The molecule has 0 aliphatic carbocycles. The topological polar surface area (TPSA) is 75.0 Å². The second kappa shape index (κ2) is 9.78. The summed E-state index contributed by atoms with van der Waals surface area (Å²) in [5, 5.41) is 3.92. The summed E-state index contributed by atoms with van der Waals surface area (Å²) in [4.78, 5) is 24.2. The summed E-state index contributed by atoms with van der Waals surface area (Å²) in [7, 11) is 7.23. The number of likely N-dealkylation sites (N-methyl/N-ethyl adjacent to an activating group) is 1. The van der Waals surface area contributed by atoms with Crippen molar-refractivity contribution in [2.24, 2.45) is 12.0 Å². The van der Waals surface area contributed by atoms with E-state index in [4.69, 9.17) is 16.3 Å². The molecule has 1 amide bonds. The number of nitrogens with zero attached hydrogens (tertiary/aromatic N) is 5. The Labute approximate surface area is 160 Å². The van der Waals surface area contributed by atoms with Gasteiger partial charge in [0, 0.05) is 41.3 Å². The molecule has 1 saturated heterocycles. The minimum absolute atomic E-state index is 0.0494. The predicted octanol–water partition coefficient (Wildman–Crippen LogP) is 1.11. The molecular weight excluding hydrogens is 356 g/mol. The molecule has 1 aliphatic heterocycles. The number of imidazole rings is 1. The van der Waals surface area contributed by atoms with Gasteiger partial charge in [0.1, 0.15) is 17.5 Å². The summed E-state index contributed by atoms with van der Waals surface area (Å²) in [5.41, 5.74) is 0. The molecule has 2 heterocycles. The number of aliphatic imine (C=N–C) groups is 1. The third-order valence-corrected chi connectivity index (χ3v) is 4.74. The van der Waals surface area contributed by atoms with E-state index in [0.717, 1.165) is 25.3 Å². The van der Waals surface area contributed by atoms with Crippen LogP contribution < -0.4 is 5.32 Å².